The monoisotopic (exact) mass is 491 g/mol. The number of anilines is 1. The number of unbranched alkanes of at least 4 members (excludes halogenated alkanes) is 1. The second-order valence-electron chi connectivity index (χ2n) is 8.64. The molecule has 1 saturated heterocycles. The minimum Gasteiger partial charge on any atom is -0.463 e. The zero-order chi connectivity index (χ0) is 24.9. The lowest BCUT2D eigenvalue weighted by Gasteiger charge is -2.26. The first-order chi connectivity index (χ1) is 17.6. The van der Waals surface area contributed by atoms with Crippen LogP contribution in [0.4, 0.5) is 5.82 Å². The number of ether oxygens (including phenoxy) is 3. The van der Waals surface area contributed by atoms with E-state index in [0.29, 0.717) is 48.5 Å². The number of nitrogens with two attached hydrogens (primary N) is 1. The van der Waals surface area contributed by atoms with Gasteiger partial charge in [0.15, 0.2) is 11.5 Å². The fourth-order valence-corrected chi connectivity index (χ4v) is 3.73. The molecule has 0 bridgehead atoms. The molecule has 188 valence electrons. The average molecular weight is 492 g/mol. The van der Waals surface area contributed by atoms with E-state index in [2.05, 4.69) is 32.2 Å². The smallest absolute Gasteiger partial charge is 0.328 e. The Morgan fingerprint density at radius 2 is 2.00 bits per heavy atom. The van der Waals surface area contributed by atoms with Crippen molar-refractivity contribution in [3.8, 4) is 17.6 Å². The topological polar surface area (TPSA) is 142 Å². The Morgan fingerprint density at radius 3 is 2.75 bits per heavy atom. The first kappa shape index (κ1) is 23.8. The fourth-order valence-electron chi connectivity index (χ4n) is 3.73. The van der Waals surface area contributed by atoms with Gasteiger partial charge in [-0.2, -0.15) is 9.97 Å². The largest absolute Gasteiger partial charge is 0.463 e. The van der Waals surface area contributed by atoms with Crippen molar-refractivity contribution >= 4 is 17.0 Å². The molecule has 0 amide bonds. The molecule has 11 nitrogen and oxygen atoms in total. The lowest BCUT2D eigenvalue weighted by Crippen LogP contribution is -2.45. The zero-order valence-corrected chi connectivity index (χ0v) is 20.1. The maximum Gasteiger partial charge on any atom is 0.328 e. The van der Waals surface area contributed by atoms with E-state index < -0.39 is 0 Å². The van der Waals surface area contributed by atoms with Crippen molar-refractivity contribution in [2.75, 3.05) is 25.6 Å². The second kappa shape index (κ2) is 10.8. The Balaban J connectivity index is 1.27. The van der Waals surface area contributed by atoms with Gasteiger partial charge in [-0.25, -0.2) is 9.78 Å². The summed E-state index contributed by atoms with van der Waals surface area (Å²) in [4.78, 5) is 28.5. The lowest BCUT2D eigenvalue weighted by molar-refractivity contribution is -0.00591. The van der Waals surface area contributed by atoms with Crippen molar-refractivity contribution in [2.45, 2.75) is 38.9 Å². The Labute approximate surface area is 207 Å². The van der Waals surface area contributed by atoms with Crippen molar-refractivity contribution in [3.63, 3.8) is 0 Å². The van der Waals surface area contributed by atoms with E-state index in [-0.39, 0.29) is 17.5 Å². The first-order valence-corrected chi connectivity index (χ1v) is 12.0. The number of fused-ring (bicyclic) bond motifs is 1. The summed E-state index contributed by atoms with van der Waals surface area (Å²) in [6.07, 6.45) is 1.86. The number of nitrogens with one attached hydrogen (secondary N) is 2. The van der Waals surface area contributed by atoms with Gasteiger partial charge in [0.1, 0.15) is 11.3 Å². The van der Waals surface area contributed by atoms with Crippen LogP contribution in [0, 0.1) is 0 Å². The van der Waals surface area contributed by atoms with Gasteiger partial charge < -0.3 is 30.2 Å². The molecule has 0 aliphatic carbocycles. The van der Waals surface area contributed by atoms with Crippen LogP contribution in [0.5, 0.6) is 17.6 Å². The van der Waals surface area contributed by atoms with Gasteiger partial charge in [0, 0.05) is 12.6 Å². The van der Waals surface area contributed by atoms with Crippen LogP contribution in [-0.4, -0.2) is 50.4 Å². The van der Waals surface area contributed by atoms with Gasteiger partial charge in [-0.3, -0.25) is 4.57 Å². The third-order valence-corrected chi connectivity index (χ3v) is 5.84. The summed E-state index contributed by atoms with van der Waals surface area (Å²) < 4.78 is 18.2. The van der Waals surface area contributed by atoms with Gasteiger partial charge in [0.05, 0.1) is 38.1 Å². The summed E-state index contributed by atoms with van der Waals surface area (Å²) in [5.41, 5.74) is 8.31. The molecule has 0 atom stereocenters. The maximum absolute atomic E-state index is 12.6. The van der Waals surface area contributed by atoms with E-state index in [9.17, 15) is 4.79 Å². The molecule has 0 saturated carbocycles. The number of aromatic amines is 1. The van der Waals surface area contributed by atoms with Crippen molar-refractivity contribution < 1.29 is 14.2 Å². The molecule has 5 rings (SSSR count). The molecule has 1 fully saturated rings. The van der Waals surface area contributed by atoms with Gasteiger partial charge in [-0.15, -0.1) is 0 Å². The van der Waals surface area contributed by atoms with E-state index in [1.807, 2.05) is 42.5 Å². The molecular weight excluding hydrogens is 462 g/mol. The highest BCUT2D eigenvalue weighted by atomic mass is 16.5. The molecule has 4 aromatic rings. The lowest BCUT2D eigenvalue weighted by atomic mass is 10.2. The summed E-state index contributed by atoms with van der Waals surface area (Å²) in [5.74, 6) is 1.34. The Morgan fingerprint density at radius 1 is 1.17 bits per heavy atom. The van der Waals surface area contributed by atoms with Gasteiger partial charge >= 0.3 is 11.7 Å². The van der Waals surface area contributed by atoms with Crippen molar-refractivity contribution in [2.24, 2.45) is 0 Å². The minimum atomic E-state index is -0.319. The van der Waals surface area contributed by atoms with Crippen LogP contribution < -0.4 is 26.2 Å². The Kier molecular flexibility index (Phi) is 7.10. The first-order valence-electron chi connectivity index (χ1n) is 12.0. The molecule has 0 unspecified atom stereocenters. The number of H-pyrrole nitrogens is 1. The molecule has 36 heavy (non-hydrogen) atoms. The molecule has 0 spiro atoms. The van der Waals surface area contributed by atoms with Crippen LogP contribution in [-0.2, 0) is 17.8 Å². The van der Waals surface area contributed by atoms with E-state index in [1.165, 1.54) is 4.57 Å². The van der Waals surface area contributed by atoms with Gasteiger partial charge in [-0.05, 0) is 30.2 Å². The SMILES string of the molecule is CCCCOc1nc(N)c2[nH]c(=O)n(Cc3ccc(Oc4cccc(CNC5COC5)n4)cc3)c2n1. The zero-order valence-electron chi connectivity index (χ0n) is 20.1. The van der Waals surface area contributed by atoms with Crippen LogP contribution in [0.1, 0.15) is 31.0 Å². The number of pyridine rings is 1. The maximum atomic E-state index is 12.6. The third-order valence-electron chi connectivity index (χ3n) is 5.84. The average Bonchev–Trinajstić information content (AvgIpc) is 3.15. The number of nitrogen functional groups attached to an aromatic ring is 1. The van der Waals surface area contributed by atoms with Crippen molar-refractivity contribution in [1.29, 1.82) is 0 Å². The van der Waals surface area contributed by atoms with E-state index in [4.69, 9.17) is 19.9 Å². The predicted octanol–water partition coefficient (Wildman–Crippen LogP) is 2.60. The Bertz CT molecular complexity index is 1380. The number of rotatable bonds is 11. The van der Waals surface area contributed by atoms with Crippen LogP contribution in [0.2, 0.25) is 0 Å². The van der Waals surface area contributed by atoms with Crippen molar-refractivity contribution in [1.82, 2.24) is 29.8 Å². The normalized spacial score (nSPS) is 13.6. The van der Waals surface area contributed by atoms with Gasteiger partial charge in [0.25, 0.3) is 0 Å². The molecule has 1 aliphatic heterocycles. The van der Waals surface area contributed by atoms with Gasteiger partial charge in [0.2, 0.25) is 5.88 Å². The molecule has 1 aromatic carbocycles. The highest BCUT2D eigenvalue weighted by Crippen LogP contribution is 2.22. The summed E-state index contributed by atoms with van der Waals surface area (Å²) >= 11 is 0. The highest BCUT2D eigenvalue weighted by Gasteiger charge is 2.17. The number of imidazole rings is 1. The fraction of sp³-hybridized carbons (Fsp3) is 0.360. The second-order valence-corrected chi connectivity index (χ2v) is 8.64. The molecule has 0 radical (unpaired) electrons. The van der Waals surface area contributed by atoms with E-state index in [0.717, 1.165) is 37.3 Å². The number of benzene rings is 1. The number of aromatic nitrogens is 5. The molecule has 11 heteroatoms. The molecule has 4 N–H and O–H groups in total. The number of hydrogen-bond donors (Lipinski definition) is 3. The van der Waals surface area contributed by atoms with Crippen molar-refractivity contribution in [3.05, 3.63) is 64.2 Å². The minimum absolute atomic E-state index is 0.163. The predicted molar refractivity (Wildman–Crippen MR) is 134 cm³/mol. The molecule has 1 aliphatic rings. The van der Waals surface area contributed by atoms with Crippen LogP contribution in [0.15, 0.2) is 47.3 Å². The van der Waals surface area contributed by atoms with E-state index in [1.54, 1.807) is 0 Å². The summed E-state index contributed by atoms with van der Waals surface area (Å²) in [7, 11) is 0. The summed E-state index contributed by atoms with van der Waals surface area (Å²) in [6, 6.07) is 13.7. The molecular formula is C25H29N7O4. The number of hydrogen-bond acceptors (Lipinski definition) is 9. The summed E-state index contributed by atoms with van der Waals surface area (Å²) in [5, 5.41) is 3.39. The standard InChI is InChI=1S/C25H29N7O4/c1-2-3-11-35-24-30-22(26)21-23(31-24)32(25(33)29-21)13-16-7-9-19(10-8-16)36-20-6-4-5-17(28-20)12-27-18-14-34-15-18/h4-10,18,27H,2-3,11-15H2,1H3,(H,29,33)(H2,26,30,31). The quantitative estimate of drug-likeness (QED) is 0.270. The number of nitrogens with zero attached hydrogens (tertiary/aromatic N) is 4. The Hall–Kier alpha value is -3.96. The van der Waals surface area contributed by atoms with Crippen LogP contribution >= 0.6 is 0 Å². The summed E-state index contributed by atoms with van der Waals surface area (Å²) in [6.45, 7) is 4.99. The third kappa shape index (κ3) is 5.47. The van der Waals surface area contributed by atoms with Crippen LogP contribution in [0.25, 0.3) is 11.2 Å². The van der Waals surface area contributed by atoms with E-state index >= 15 is 0 Å². The van der Waals surface area contributed by atoms with Gasteiger partial charge in [-0.1, -0.05) is 31.5 Å². The molecule has 4 heterocycles. The molecule has 3 aromatic heterocycles. The highest BCUT2D eigenvalue weighted by molar-refractivity contribution is 5.81. The van der Waals surface area contributed by atoms with Crippen LogP contribution in [0.3, 0.4) is 0 Å².